The van der Waals surface area contributed by atoms with Gasteiger partial charge in [-0.05, 0) is 33.1 Å². The molecule has 2 nitrogen and oxygen atoms in total. The number of rotatable bonds is 1. The third kappa shape index (κ3) is 2.37. The van der Waals surface area contributed by atoms with E-state index in [2.05, 4.69) is 11.7 Å². The molecule has 62 valence electrons. The summed E-state index contributed by atoms with van der Waals surface area (Å²) in [4.78, 5) is 0. The van der Waals surface area contributed by atoms with Crippen molar-refractivity contribution in [1.29, 1.82) is 0 Å². The summed E-state index contributed by atoms with van der Waals surface area (Å²) >= 11 is 0. The molecule has 1 aliphatic heterocycles. The van der Waals surface area contributed by atoms with Crippen LogP contribution in [0.3, 0.4) is 0 Å². The smallest absolute Gasteiger partial charge is 0.0412 e. The Bertz CT molecular complexity index is 178. The second kappa shape index (κ2) is 3.56. The molecule has 0 aromatic carbocycles. The van der Waals surface area contributed by atoms with Gasteiger partial charge in [0.05, 0.1) is 0 Å². The highest BCUT2D eigenvalue weighted by Gasteiger charge is 2.10. The van der Waals surface area contributed by atoms with Crippen LogP contribution in [0.5, 0.6) is 0 Å². The van der Waals surface area contributed by atoms with Crippen LogP contribution < -0.4 is 0 Å². The van der Waals surface area contributed by atoms with Crippen molar-refractivity contribution in [1.82, 2.24) is 5.01 Å². The van der Waals surface area contributed by atoms with Crippen LogP contribution in [0.1, 0.15) is 33.1 Å². The molecule has 1 aliphatic rings. The standard InChI is InChI=1S/C9H16N2/c1-8(2)10-11-7-5-4-6-9(11)3/h3-7H2,1-2H3. The summed E-state index contributed by atoms with van der Waals surface area (Å²) in [6.07, 6.45) is 3.63. The molecule has 1 saturated heterocycles. The maximum absolute atomic E-state index is 4.37. The minimum atomic E-state index is 1.05. The van der Waals surface area contributed by atoms with Crippen molar-refractivity contribution >= 4 is 5.71 Å². The third-order valence-electron chi connectivity index (χ3n) is 1.77. The van der Waals surface area contributed by atoms with Gasteiger partial charge in [0.25, 0.3) is 0 Å². The van der Waals surface area contributed by atoms with Crippen LogP contribution in [0.4, 0.5) is 0 Å². The van der Waals surface area contributed by atoms with Crippen LogP contribution in [0.15, 0.2) is 17.4 Å². The number of allylic oxidation sites excluding steroid dienone is 1. The van der Waals surface area contributed by atoms with E-state index in [9.17, 15) is 0 Å². The first-order valence-corrected chi connectivity index (χ1v) is 4.17. The molecule has 0 unspecified atom stereocenters. The lowest BCUT2D eigenvalue weighted by Crippen LogP contribution is -2.22. The molecule has 0 radical (unpaired) electrons. The van der Waals surface area contributed by atoms with Gasteiger partial charge in [-0.15, -0.1) is 0 Å². The Balaban J connectivity index is 2.55. The zero-order valence-electron chi connectivity index (χ0n) is 7.43. The lowest BCUT2D eigenvalue weighted by atomic mass is 10.1. The molecule has 2 heteroatoms. The summed E-state index contributed by atoms with van der Waals surface area (Å²) < 4.78 is 0. The predicted octanol–water partition coefficient (Wildman–Crippen LogP) is 2.38. The van der Waals surface area contributed by atoms with Crippen molar-refractivity contribution in [2.24, 2.45) is 5.10 Å². The summed E-state index contributed by atoms with van der Waals surface area (Å²) in [6.45, 7) is 9.04. The van der Waals surface area contributed by atoms with Crippen LogP contribution in [-0.4, -0.2) is 17.3 Å². The van der Waals surface area contributed by atoms with E-state index in [1.54, 1.807) is 0 Å². The van der Waals surface area contributed by atoms with Crippen LogP contribution >= 0.6 is 0 Å². The second-order valence-corrected chi connectivity index (χ2v) is 3.19. The molecular weight excluding hydrogens is 136 g/mol. The van der Waals surface area contributed by atoms with Crippen molar-refractivity contribution < 1.29 is 0 Å². The van der Waals surface area contributed by atoms with Gasteiger partial charge in [-0.1, -0.05) is 6.58 Å². The topological polar surface area (TPSA) is 15.6 Å². The molecule has 1 heterocycles. The van der Waals surface area contributed by atoms with E-state index in [0.717, 1.165) is 24.4 Å². The van der Waals surface area contributed by atoms with Gasteiger partial charge in [0, 0.05) is 18.0 Å². The largest absolute Gasteiger partial charge is 0.270 e. The number of hydrogen-bond acceptors (Lipinski definition) is 2. The lowest BCUT2D eigenvalue weighted by Gasteiger charge is -2.26. The predicted molar refractivity (Wildman–Crippen MR) is 48.5 cm³/mol. The zero-order valence-corrected chi connectivity index (χ0v) is 7.43. The summed E-state index contributed by atoms with van der Waals surface area (Å²) in [5.41, 5.74) is 2.27. The van der Waals surface area contributed by atoms with E-state index in [-0.39, 0.29) is 0 Å². The van der Waals surface area contributed by atoms with Gasteiger partial charge in [-0.25, -0.2) is 0 Å². The van der Waals surface area contributed by atoms with Gasteiger partial charge >= 0.3 is 0 Å². The molecule has 0 bridgehead atoms. The van der Waals surface area contributed by atoms with Crippen molar-refractivity contribution in [2.45, 2.75) is 33.1 Å². The molecule has 0 aromatic rings. The van der Waals surface area contributed by atoms with Crippen LogP contribution in [0.25, 0.3) is 0 Å². The van der Waals surface area contributed by atoms with E-state index in [1.165, 1.54) is 12.8 Å². The molecule has 0 aromatic heterocycles. The Hall–Kier alpha value is -0.790. The zero-order chi connectivity index (χ0) is 8.27. The number of piperidine rings is 1. The highest BCUT2D eigenvalue weighted by molar-refractivity contribution is 5.78. The van der Waals surface area contributed by atoms with Crippen LogP contribution in [-0.2, 0) is 0 Å². The van der Waals surface area contributed by atoms with Gasteiger partial charge in [0.2, 0.25) is 0 Å². The quantitative estimate of drug-likeness (QED) is 0.527. The fraction of sp³-hybridized carbons (Fsp3) is 0.667. The number of nitrogens with zero attached hydrogens (tertiary/aromatic N) is 2. The van der Waals surface area contributed by atoms with Crippen LogP contribution in [0.2, 0.25) is 0 Å². The first kappa shape index (κ1) is 8.31. The van der Waals surface area contributed by atoms with E-state index in [1.807, 2.05) is 18.9 Å². The van der Waals surface area contributed by atoms with Crippen molar-refractivity contribution in [3.05, 3.63) is 12.3 Å². The Kier molecular flexibility index (Phi) is 2.69. The minimum Gasteiger partial charge on any atom is -0.270 e. The number of hydrazone groups is 1. The van der Waals surface area contributed by atoms with E-state index >= 15 is 0 Å². The fourth-order valence-electron chi connectivity index (χ4n) is 1.24. The Morgan fingerprint density at radius 2 is 2.18 bits per heavy atom. The van der Waals surface area contributed by atoms with Gasteiger partial charge in [0.15, 0.2) is 0 Å². The summed E-state index contributed by atoms with van der Waals surface area (Å²) in [7, 11) is 0. The Labute approximate surface area is 68.6 Å². The summed E-state index contributed by atoms with van der Waals surface area (Å²) in [6, 6.07) is 0. The summed E-state index contributed by atoms with van der Waals surface area (Å²) in [5, 5.41) is 6.39. The first-order chi connectivity index (χ1) is 5.20. The van der Waals surface area contributed by atoms with Crippen LogP contribution in [0, 0.1) is 0 Å². The third-order valence-corrected chi connectivity index (χ3v) is 1.77. The summed E-state index contributed by atoms with van der Waals surface area (Å²) in [5.74, 6) is 0. The maximum Gasteiger partial charge on any atom is 0.0412 e. The van der Waals surface area contributed by atoms with E-state index in [4.69, 9.17) is 0 Å². The van der Waals surface area contributed by atoms with Crippen molar-refractivity contribution in [3.63, 3.8) is 0 Å². The van der Waals surface area contributed by atoms with Gasteiger partial charge in [-0.2, -0.15) is 5.10 Å². The lowest BCUT2D eigenvalue weighted by molar-refractivity contribution is 0.305. The Morgan fingerprint density at radius 1 is 1.45 bits per heavy atom. The van der Waals surface area contributed by atoms with Gasteiger partial charge < -0.3 is 0 Å². The molecule has 0 aliphatic carbocycles. The Morgan fingerprint density at radius 3 is 2.73 bits per heavy atom. The van der Waals surface area contributed by atoms with Crippen molar-refractivity contribution in [2.75, 3.05) is 6.54 Å². The minimum absolute atomic E-state index is 1.05. The maximum atomic E-state index is 4.37. The first-order valence-electron chi connectivity index (χ1n) is 4.17. The highest BCUT2D eigenvalue weighted by Crippen LogP contribution is 2.18. The molecule has 0 spiro atoms. The van der Waals surface area contributed by atoms with E-state index in [0.29, 0.717) is 0 Å². The normalized spacial score (nSPS) is 18.4. The van der Waals surface area contributed by atoms with Gasteiger partial charge in [0.1, 0.15) is 0 Å². The molecule has 0 saturated carbocycles. The molecule has 0 N–H and O–H groups in total. The SMILES string of the molecule is C=C1CCCCN1N=C(C)C. The molecule has 1 fully saturated rings. The molecule has 11 heavy (non-hydrogen) atoms. The average molecular weight is 152 g/mol. The second-order valence-electron chi connectivity index (χ2n) is 3.19. The molecular formula is C9H16N2. The highest BCUT2D eigenvalue weighted by atomic mass is 15.5. The van der Waals surface area contributed by atoms with Gasteiger partial charge in [-0.3, -0.25) is 5.01 Å². The monoisotopic (exact) mass is 152 g/mol. The molecule has 1 rings (SSSR count). The fourth-order valence-corrected chi connectivity index (χ4v) is 1.24. The molecule has 0 amide bonds. The van der Waals surface area contributed by atoms with Crippen molar-refractivity contribution in [3.8, 4) is 0 Å². The molecule has 0 atom stereocenters. The van der Waals surface area contributed by atoms with E-state index < -0.39 is 0 Å². The number of hydrogen-bond donors (Lipinski definition) is 0. The average Bonchev–Trinajstić information content (AvgIpc) is 1.93.